The molecule has 2 atom stereocenters. The Kier molecular flexibility index (Phi) is 13.0. The van der Waals surface area contributed by atoms with Crippen molar-refractivity contribution in [3.63, 3.8) is 0 Å². The molecule has 0 heterocycles. The van der Waals surface area contributed by atoms with Crippen molar-refractivity contribution in [2.24, 2.45) is 5.73 Å². The Morgan fingerprint density at radius 1 is 0.966 bits per heavy atom. The topological polar surface area (TPSA) is 134 Å². The van der Waals surface area contributed by atoms with Gasteiger partial charge in [0, 0.05) is 12.8 Å². The predicted octanol–water partition coefficient (Wildman–Crippen LogP) is 0.870. The Morgan fingerprint density at radius 2 is 1.59 bits per heavy atom. The summed E-state index contributed by atoms with van der Waals surface area (Å²) in [5, 5.41) is 2.48. The van der Waals surface area contributed by atoms with Gasteiger partial charge in [0.15, 0.2) is 0 Å². The summed E-state index contributed by atoms with van der Waals surface area (Å²) in [5.41, 5.74) is 6.41. The van der Waals surface area contributed by atoms with E-state index in [9.17, 15) is 19.2 Å². The minimum absolute atomic E-state index is 0. The van der Waals surface area contributed by atoms with E-state index in [4.69, 9.17) is 10.5 Å². The second kappa shape index (κ2) is 14.4. The number of hydrogen-bond acceptors (Lipinski definition) is 8. The number of rotatable bonds is 11. The van der Waals surface area contributed by atoms with E-state index in [-0.39, 0.29) is 44.7 Å². The molecule has 0 aromatic heterocycles. The van der Waals surface area contributed by atoms with E-state index in [1.165, 1.54) is 14.2 Å². The Bertz CT molecular complexity index is 670. The number of nitrogens with one attached hydrogen (secondary N) is 1. The summed E-state index contributed by atoms with van der Waals surface area (Å²) in [6, 6.07) is 7.23. The molecule has 0 aliphatic heterocycles. The fourth-order valence-electron chi connectivity index (χ4n) is 2.29. The Labute approximate surface area is 175 Å². The number of methoxy groups -OCH3 is 2. The molecular weight excluding hydrogens is 404 g/mol. The monoisotopic (exact) mass is 430 g/mol. The zero-order valence-corrected chi connectivity index (χ0v) is 17.2. The van der Waals surface area contributed by atoms with Crippen molar-refractivity contribution >= 4 is 36.2 Å². The average molecular weight is 431 g/mol. The normalized spacial score (nSPS) is 12.0. The van der Waals surface area contributed by atoms with Crippen molar-refractivity contribution in [3.8, 4) is 0 Å². The summed E-state index contributed by atoms with van der Waals surface area (Å²) in [6.07, 6.45) is -0.0720. The molecule has 0 radical (unpaired) electrons. The first kappa shape index (κ1) is 26.4. The van der Waals surface area contributed by atoms with Gasteiger partial charge < -0.3 is 25.3 Å². The third-order valence-electron chi connectivity index (χ3n) is 3.89. The molecule has 29 heavy (non-hydrogen) atoms. The lowest BCUT2D eigenvalue weighted by molar-refractivity contribution is -0.148. The first-order valence-electron chi connectivity index (χ1n) is 8.77. The summed E-state index contributed by atoms with van der Waals surface area (Å²) < 4.78 is 14.3. The number of ether oxygens (including phenoxy) is 3. The van der Waals surface area contributed by atoms with Crippen LogP contribution in [-0.2, 0) is 40.0 Å². The van der Waals surface area contributed by atoms with Gasteiger partial charge in [0.05, 0.1) is 14.2 Å². The van der Waals surface area contributed by atoms with Gasteiger partial charge in [0.2, 0.25) is 5.91 Å². The standard InChI is InChI=1S/C19H26N2O7.ClH/c1-26-18(24)14(20)8-10-16(22)21-15(19(25)27-2)9-11-17(23)28-12-13-6-4-3-5-7-13;/h3-7,14-15H,8-12,20H2,1-2H3,(H,21,22);1H/t14-,15-;/m0./s1. The third-order valence-corrected chi connectivity index (χ3v) is 3.89. The van der Waals surface area contributed by atoms with Gasteiger partial charge in [0.1, 0.15) is 18.7 Å². The van der Waals surface area contributed by atoms with Crippen LogP contribution in [0.5, 0.6) is 0 Å². The SMILES string of the molecule is COC(=O)[C@H](CCC(=O)OCc1ccccc1)NC(=O)CC[C@H](N)C(=O)OC.Cl. The van der Waals surface area contributed by atoms with Gasteiger partial charge in [-0.15, -0.1) is 12.4 Å². The second-order valence-corrected chi connectivity index (χ2v) is 6.00. The molecule has 0 bridgehead atoms. The lowest BCUT2D eigenvalue weighted by Gasteiger charge is -2.17. The van der Waals surface area contributed by atoms with E-state index < -0.39 is 35.9 Å². The summed E-state index contributed by atoms with van der Waals surface area (Å²) in [4.78, 5) is 47.0. The molecule has 1 amide bonds. The summed E-state index contributed by atoms with van der Waals surface area (Å²) >= 11 is 0. The van der Waals surface area contributed by atoms with Gasteiger partial charge in [-0.1, -0.05) is 30.3 Å². The molecule has 0 saturated carbocycles. The Balaban J connectivity index is 0.00000784. The maximum atomic E-state index is 12.0. The smallest absolute Gasteiger partial charge is 0.328 e. The molecule has 0 spiro atoms. The summed E-state index contributed by atoms with van der Waals surface area (Å²) in [5.74, 6) is -2.30. The first-order valence-corrected chi connectivity index (χ1v) is 8.77. The van der Waals surface area contributed by atoms with E-state index in [1.54, 1.807) is 0 Å². The van der Waals surface area contributed by atoms with Crippen LogP contribution in [0.25, 0.3) is 0 Å². The van der Waals surface area contributed by atoms with Crippen LogP contribution in [0.15, 0.2) is 30.3 Å². The lowest BCUT2D eigenvalue weighted by Crippen LogP contribution is -2.42. The number of hydrogen-bond donors (Lipinski definition) is 2. The molecule has 0 saturated heterocycles. The van der Waals surface area contributed by atoms with Crippen molar-refractivity contribution in [1.82, 2.24) is 5.32 Å². The molecule has 0 unspecified atom stereocenters. The molecule has 0 fully saturated rings. The van der Waals surface area contributed by atoms with E-state index in [2.05, 4.69) is 14.8 Å². The fourth-order valence-corrected chi connectivity index (χ4v) is 2.29. The molecule has 3 N–H and O–H groups in total. The minimum Gasteiger partial charge on any atom is -0.468 e. The van der Waals surface area contributed by atoms with Crippen LogP contribution < -0.4 is 11.1 Å². The van der Waals surface area contributed by atoms with Crippen molar-refractivity contribution in [2.75, 3.05) is 14.2 Å². The molecular formula is C19H27ClN2O7. The van der Waals surface area contributed by atoms with Crippen LogP contribution in [0.3, 0.4) is 0 Å². The summed E-state index contributed by atoms with van der Waals surface area (Å²) in [7, 11) is 2.38. The van der Waals surface area contributed by atoms with Gasteiger partial charge in [0.25, 0.3) is 0 Å². The van der Waals surface area contributed by atoms with Crippen LogP contribution in [-0.4, -0.2) is 50.1 Å². The highest BCUT2D eigenvalue weighted by atomic mass is 35.5. The number of amides is 1. The highest BCUT2D eigenvalue weighted by molar-refractivity contribution is 5.86. The van der Waals surface area contributed by atoms with Crippen molar-refractivity contribution in [1.29, 1.82) is 0 Å². The second-order valence-electron chi connectivity index (χ2n) is 6.00. The van der Waals surface area contributed by atoms with Crippen molar-refractivity contribution < 1.29 is 33.4 Å². The van der Waals surface area contributed by atoms with Gasteiger partial charge >= 0.3 is 17.9 Å². The molecule has 9 nitrogen and oxygen atoms in total. The van der Waals surface area contributed by atoms with Crippen LogP contribution in [0.1, 0.15) is 31.2 Å². The van der Waals surface area contributed by atoms with E-state index in [1.807, 2.05) is 30.3 Å². The van der Waals surface area contributed by atoms with E-state index in [0.717, 1.165) is 5.56 Å². The molecule has 1 rings (SSSR count). The maximum Gasteiger partial charge on any atom is 0.328 e. The molecule has 1 aromatic rings. The third kappa shape index (κ3) is 10.5. The van der Waals surface area contributed by atoms with Gasteiger partial charge in [-0.2, -0.15) is 0 Å². The van der Waals surface area contributed by atoms with Gasteiger partial charge in [-0.05, 0) is 18.4 Å². The summed E-state index contributed by atoms with van der Waals surface area (Å²) in [6.45, 7) is 0.125. The zero-order chi connectivity index (χ0) is 20.9. The molecule has 162 valence electrons. The molecule has 0 aliphatic rings. The quantitative estimate of drug-likeness (QED) is 0.390. The molecule has 1 aromatic carbocycles. The van der Waals surface area contributed by atoms with Crippen LogP contribution in [0, 0.1) is 0 Å². The minimum atomic E-state index is -1.00. The van der Waals surface area contributed by atoms with Crippen LogP contribution in [0.2, 0.25) is 0 Å². The maximum absolute atomic E-state index is 12.0. The van der Waals surface area contributed by atoms with E-state index in [0.29, 0.717) is 0 Å². The van der Waals surface area contributed by atoms with Gasteiger partial charge in [-0.3, -0.25) is 14.4 Å². The van der Waals surface area contributed by atoms with Crippen molar-refractivity contribution in [2.45, 2.75) is 44.4 Å². The lowest BCUT2D eigenvalue weighted by atomic mass is 10.1. The zero-order valence-electron chi connectivity index (χ0n) is 16.4. The number of halogens is 1. The average Bonchev–Trinajstić information content (AvgIpc) is 2.72. The van der Waals surface area contributed by atoms with Crippen molar-refractivity contribution in [3.05, 3.63) is 35.9 Å². The predicted molar refractivity (Wildman–Crippen MR) is 106 cm³/mol. The highest BCUT2D eigenvalue weighted by Gasteiger charge is 2.24. The number of carbonyl (C=O) groups is 4. The van der Waals surface area contributed by atoms with Crippen LogP contribution in [0.4, 0.5) is 0 Å². The first-order chi connectivity index (χ1) is 13.4. The number of esters is 3. The number of nitrogens with two attached hydrogens (primary N) is 1. The Morgan fingerprint density at radius 3 is 2.17 bits per heavy atom. The number of benzene rings is 1. The Hall–Kier alpha value is -2.65. The number of carbonyl (C=O) groups excluding carboxylic acids is 4. The largest absolute Gasteiger partial charge is 0.468 e. The van der Waals surface area contributed by atoms with E-state index >= 15 is 0 Å². The van der Waals surface area contributed by atoms with Gasteiger partial charge in [-0.25, -0.2) is 4.79 Å². The molecule has 0 aliphatic carbocycles. The molecule has 10 heteroatoms. The highest BCUT2D eigenvalue weighted by Crippen LogP contribution is 2.06. The van der Waals surface area contributed by atoms with Crippen LogP contribution >= 0.6 is 12.4 Å². The fraction of sp³-hybridized carbons (Fsp3) is 0.474.